The summed E-state index contributed by atoms with van der Waals surface area (Å²) in [5.41, 5.74) is 2.57. The first-order chi connectivity index (χ1) is 9.40. The van der Waals surface area contributed by atoms with Crippen molar-refractivity contribution in [1.82, 2.24) is 0 Å². The van der Waals surface area contributed by atoms with Gasteiger partial charge in [0, 0.05) is 12.3 Å². The molecule has 1 nitrogen and oxygen atoms in total. The number of hydrogen-bond acceptors (Lipinski definition) is 1. The summed E-state index contributed by atoms with van der Waals surface area (Å²) in [4.78, 5) is 4.59. The summed E-state index contributed by atoms with van der Waals surface area (Å²) in [6.07, 6.45) is 2.32. The molecule has 0 amide bonds. The smallest absolute Gasteiger partial charge is 0.0421 e. The van der Waals surface area contributed by atoms with Crippen molar-refractivity contribution in [3.63, 3.8) is 0 Å². The number of benzene rings is 3. The highest BCUT2D eigenvalue weighted by Gasteiger charge is 2.09. The SMILES string of the molecule is c1ccc2cc3cc(C4=NCCC4)ccc3cc2c1. The summed E-state index contributed by atoms with van der Waals surface area (Å²) in [5.74, 6) is 0. The van der Waals surface area contributed by atoms with Crippen LogP contribution in [-0.2, 0) is 0 Å². The van der Waals surface area contributed by atoms with Gasteiger partial charge in [-0.2, -0.15) is 0 Å². The second kappa shape index (κ2) is 4.20. The van der Waals surface area contributed by atoms with Gasteiger partial charge < -0.3 is 0 Å². The molecule has 0 atom stereocenters. The number of nitrogens with zero attached hydrogens (tertiary/aromatic N) is 1. The Morgan fingerprint density at radius 1 is 0.737 bits per heavy atom. The Kier molecular flexibility index (Phi) is 2.37. The van der Waals surface area contributed by atoms with Crippen molar-refractivity contribution in [1.29, 1.82) is 0 Å². The summed E-state index contributed by atoms with van der Waals surface area (Å²) in [7, 11) is 0. The number of hydrogen-bond donors (Lipinski definition) is 0. The van der Waals surface area contributed by atoms with Crippen molar-refractivity contribution in [2.24, 2.45) is 4.99 Å². The van der Waals surface area contributed by atoms with Crippen LogP contribution in [0.25, 0.3) is 21.5 Å². The minimum Gasteiger partial charge on any atom is -0.289 e. The van der Waals surface area contributed by atoms with Gasteiger partial charge in [-0.05, 0) is 58.1 Å². The summed E-state index contributed by atoms with van der Waals surface area (Å²) in [5, 5.41) is 5.23. The van der Waals surface area contributed by atoms with Crippen molar-refractivity contribution >= 4 is 27.3 Å². The minimum absolute atomic E-state index is 0.991. The fraction of sp³-hybridized carbons (Fsp3) is 0.167. The van der Waals surface area contributed by atoms with Crippen LogP contribution >= 0.6 is 0 Å². The van der Waals surface area contributed by atoms with Gasteiger partial charge in [0.2, 0.25) is 0 Å². The third kappa shape index (κ3) is 1.82. The van der Waals surface area contributed by atoms with Gasteiger partial charge >= 0.3 is 0 Å². The second-order valence-corrected chi connectivity index (χ2v) is 5.19. The number of fused-ring (bicyclic) bond motifs is 2. The van der Waals surface area contributed by atoms with Gasteiger partial charge in [-0.15, -0.1) is 0 Å². The van der Waals surface area contributed by atoms with E-state index >= 15 is 0 Å². The predicted molar refractivity (Wildman–Crippen MR) is 82.1 cm³/mol. The summed E-state index contributed by atoms with van der Waals surface area (Å²) in [6, 6.07) is 19.8. The number of rotatable bonds is 1. The molecular formula is C18H15N. The van der Waals surface area contributed by atoms with Crippen LogP contribution in [0.2, 0.25) is 0 Å². The van der Waals surface area contributed by atoms with Crippen LogP contribution in [0.4, 0.5) is 0 Å². The highest BCUT2D eigenvalue weighted by molar-refractivity contribution is 6.06. The Labute approximate surface area is 112 Å². The zero-order chi connectivity index (χ0) is 12.7. The molecule has 0 saturated heterocycles. The molecule has 1 heterocycles. The van der Waals surface area contributed by atoms with E-state index in [9.17, 15) is 0 Å². The number of aliphatic imine (C=N–C) groups is 1. The van der Waals surface area contributed by atoms with Crippen LogP contribution in [0.5, 0.6) is 0 Å². The highest BCUT2D eigenvalue weighted by Crippen LogP contribution is 2.25. The molecule has 1 heteroatoms. The van der Waals surface area contributed by atoms with E-state index in [0.29, 0.717) is 0 Å². The van der Waals surface area contributed by atoms with Crippen LogP contribution in [0.15, 0.2) is 59.6 Å². The summed E-state index contributed by atoms with van der Waals surface area (Å²) >= 11 is 0. The topological polar surface area (TPSA) is 12.4 Å². The standard InChI is InChI=1S/C18H15N/c1-2-5-14-11-17-12-16(18-6-3-9-19-18)8-7-15(17)10-13(14)4-1/h1-2,4-5,7-8,10-12H,3,6,9H2. The first kappa shape index (κ1) is 10.7. The average Bonchev–Trinajstić information content (AvgIpc) is 2.98. The van der Waals surface area contributed by atoms with Crippen LogP contribution in [0, 0.1) is 0 Å². The molecule has 0 saturated carbocycles. The maximum Gasteiger partial charge on any atom is 0.0421 e. The molecule has 3 aromatic rings. The Hall–Kier alpha value is -2.15. The lowest BCUT2D eigenvalue weighted by atomic mass is 9.99. The van der Waals surface area contributed by atoms with Gasteiger partial charge in [0.15, 0.2) is 0 Å². The van der Waals surface area contributed by atoms with E-state index in [1.807, 2.05) is 0 Å². The zero-order valence-electron chi connectivity index (χ0n) is 10.8. The molecule has 0 bridgehead atoms. The molecule has 0 fully saturated rings. The van der Waals surface area contributed by atoms with E-state index in [4.69, 9.17) is 0 Å². The molecule has 0 unspecified atom stereocenters. The van der Waals surface area contributed by atoms with Gasteiger partial charge in [-0.1, -0.05) is 36.4 Å². The van der Waals surface area contributed by atoms with E-state index in [1.165, 1.54) is 39.2 Å². The molecule has 4 rings (SSSR count). The molecule has 0 aromatic heterocycles. The summed E-state index contributed by atoms with van der Waals surface area (Å²) < 4.78 is 0. The lowest BCUT2D eigenvalue weighted by Crippen LogP contribution is -1.95. The normalized spacial score (nSPS) is 15.1. The summed E-state index contributed by atoms with van der Waals surface area (Å²) in [6.45, 7) is 0.991. The fourth-order valence-electron chi connectivity index (χ4n) is 2.89. The first-order valence-electron chi connectivity index (χ1n) is 6.86. The third-order valence-corrected chi connectivity index (χ3v) is 3.91. The molecular weight excluding hydrogens is 230 g/mol. The fourth-order valence-corrected chi connectivity index (χ4v) is 2.89. The van der Waals surface area contributed by atoms with Crippen LogP contribution in [0.3, 0.4) is 0 Å². The van der Waals surface area contributed by atoms with Crippen molar-refractivity contribution in [2.75, 3.05) is 6.54 Å². The van der Waals surface area contributed by atoms with Crippen molar-refractivity contribution in [2.45, 2.75) is 12.8 Å². The van der Waals surface area contributed by atoms with Gasteiger partial charge in [0.1, 0.15) is 0 Å². The first-order valence-corrected chi connectivity index (χ1v) is 6.86. The van der Waals surface area contributed by atoms with Crippen molar-refractivity contribution in [3.8, 4) is 0 Å². The van der Waals surface area contributed by atoms with Crippen molar-refractivity contribution in [3.05, 3.63) is 60.2 Å². The second-order valence-electron chi connectivity index (χ2n) is 5.19. The van der Waals surface area contributed by atoms with Gasteiger partial charge in [-0.3, -0.25) is 4.99 Å². The third-order valence-electron chi connectivity index (χ3n) is 3.91. The van der Waals surface area contributed by atoms with E-state index < -0.39 is 0 Å². The van der Waals surface area contributed by atoms with E-state index in [1.54, 1.807) is 0 Å². The maximum atomic E-state index is 4.59. The Morgan fingerprint density at radius 3 is 2.21 bits per heavy atom. The molecule has 1 aliphatic heterocycles. The predicted octanol–water partition coefficient (Wildman–Crippen LogP) is 4.58. The molecule has 19 heavy (non-hydrogen) atoms. The van der Waals surface area contributed by atoms with Crippen molar-refractivity contribution < 1.29 is 0 Å². The maximum absolute atomic E-state index is 4.59. The van der Waals surface area contributed by atoms with E-state index in [2.05, 4.69) is 59.6 Å². The van der Waals surface area contributed by atoms with E-state index in [0.717, 1.165) is 13.0 Å². The Balaban J connectivity index is 1.94. The molecule has 0 N–H and O–H groups in total. The molecule has 0 aliphatic carbocycles. The molecule has 1 aliphatic rings. The Bertz CT molecular complexity index is 799. The van der Waals surface area contributed by atoms with Crippen LogP contribution < -0.4 is 0 Å². The monoisotopic (exact) mass is 245 g/mol. The van der Waals surface area contributed by atoms with Crippen LogP contribution in [0.1, 0.15) is 18.4 Å². The lowest BCUT2D eigenvalue weighted by molar-refractivity contribution is 0.951. The molecule has 3 aromatic carbocycles. The Morgan fingerprint density at radius 2 is 1.47 bits per heavy atom. The molecule has 92 valence electrons. The lowest BCUT2D eigenvalue weighted by Gasteiger charge is -2.05. The quantitative estimate of drug-likeness (QED) is 0.557. The molecule has 0 spiro atoms. The highest BCUT2D eigenvalue weighted by atomic mass is 14.8. The van der Waals surface area contributed by atoms with Gasteiger partial charge in [0.25, 0.3) is 0 Å². The zero-order valence-corrected chi connectivity index (χ0v) is 10.8. The van der Waals surface area contributed by atoms with Crippen LogP contribution in [-0.4, -0.2) is 12.3 Å². The minimum atomic E-state index is 0.991. The van der Waals surface area contributed by atoms with E-state index in [-0.39, 0.29) is 0 Å². The average molecular weight is 245 g/mol. The molecule has 0 radical (unpaired) electrons. The largest absolute Gasteiger partial charge is 0.289 e. The van der Waals surface area contributed by atoms with Gasteiger partial charge in [0.05, 0.1) is 0 Å². The van der Waals surface area contributed by atoms with Gasteiger partial charge in [-0.25, -0.2) is 0 Å².